The topological polar surface area (TPSA) is 55.1 Å². The second-order valence-electron chi connectivity index (χ2n) is 8.32. The van der Waals surface area contributed by atoms with E-state index in [1.807, 2.05) is 0 Å². The van der Waals surface area contributed by atoms with Gasteiger partial charge < -0.3 is 11.1 Å². The number of halogens is 1. The fourth-order valence-electron chi connectivity index (χ4n) is 6.51. The number of hydrogen-bond donors (Lipinski definition) is 2. The van der Waals surface area contributed by atoms with Crippen LogP contribution in [0.3, 0.4) is 0 Å². The zero-order valence-electron chi connectivity index (χ0n) is 14.2. The van der Waals surface area contributed by atoms with E-state index in [1.165, 1.54) is 37.0 Å². The van der Waals surface area contributed by atoms with Crippen molar-refractivity contribution in [1.82, 2.24) is 5.32 Å². The van der Waals surface area contributed by atoms with Crippen LogP contribution in [-0.4, -0.2) is 23.2 Å². The molecule has 1 saturated heterocycles. The molecule has 1 aromatic carbocycles. The molecule has 1 aliphatic heterocycles. The summed E-state index contributed by atoms with van der Waals surface area (Å²) in [6, 6.07) is 8.85. The first-order valence-electron chi connectivity index (χ1n) is 9.61. The average molecular weight is 421 g/mol. The van der Waals surface area contributed by atoms with Crippen LogP contribution in [0.25, 0.3) is 0 Å². The number of rotatable bonds is 2. The maximum absolute atomic E-state index is 12.1. The Hall–Kier alpha value is -0.520. The number of fused-ring (bicyclic) bond motifs is 3. The van der Waals surface area contributed by atoms with Gasteiger partial charge in [-0.2, -0.15) is 0 Å². The van der Waals surface area contributed by atoms with Gasteiger partial charge in [0.2, 0.25) is 5.91 Å². The summed E-state index contributed by atoms with van der Waals surface area (Å²) in [4.78, 5) is 13.5. The SMILES string of the molecule is NC1C(=O)NC2C3CCCC4C(Sc5ccc(Br)cc5)CCC(C43)C12. The highest BCUT2D eigenvalue weighted by molar-refractivity contribution is 9.10. The van der Waals surface area contributed by atoms with Crippen molar-refractivity contribution in [3.63, 3.8) is 0 Å². The molecule has 3 saturated carbocycles. The third-order valence-corrected chi connectivity index (χ3v) is 9.28. The Morgan fingerprint density at radius 1 is 1.00 bits per heavy atom. The minimum atomic E-state index is -0.267. The molecule has 1 heterocycles. The monoisotopic (exact) mass is 420 g/mol. The van der Waals surface area contributed by atoms with Crippen LogP contribution < -0.4 is 11.1 Å². The third kappa shape index (κ3) is 2.61. The van der Waals surface area contributed by atoms with Gasteiger partial charge in [-0.05, 0) is 73.6 Å². The summed E-state index contributed by atoms with van der Waals surface area (Å²) in [5.74, 6) is 3.39. The maximum atomic E-state index is 12.1. The maximum Gasteiger partial charge on any atom is 0.237 e. The van der Waals surface area contributed by atoms with Crippen LogP contribution in [0.1, 0.15) is 32.1 Å². The first-order valence-corrected chi connectivity index (χ1v) is 11.3. The third-order valence-electron chi connectivity index (χ3n) is 7.32. The van der Waals surface area contributed by atoms with E-state index in [9.17, 15) is 4.79 Å². The second-order valence-corrected chi connectivity index (χ2v) is 10.6. The smallest absolute Gasteiger partial charge is 0.237 e. The number of nitrogens with one attached hydrogen (secondary N) is 1. The molecule has 0 aromatic heterocycles. The summed E-state index contributed by atoms with van der Waals surface area (Å²) in [5, 5.41) is 3.99. The van der Waals surface area contributed by atoms with Crippen molar-refractivity contribution in [3.05, 3.63) is 28.7 Å². The highest BCUT2D eigenvalue weighted by Gasteiger charge is 2.61. The number of thioether (sulfide) groups is 1. The lowest BCUT2D eigenvalue weighted by Gasteiger charge is -2.46. The van der Waals surface area contributed by atoms with Crippen LogP contribution in [0.4, 0.5) is 0 Å². The highest BCUT2D eigenvalue weighted by Crippen LogP contribution is 2.60. The largest absolute Gasteiger partial charge is 0.351 e. The first kappa shape index (κ1) is 16.6. The summed E-state index contributed by atoms with van der Waals surface area (Å²) in [6.45, 7) is 0. The van der Waals surface area contributed by atoms with Crippen molar-refractivity contribution in [2.24, 2.45) is 35.3 Å². The summed E-state index contributed by atoms with van der Waals surface area (Å²) in [5.41, 5.74) is 6.30. The molecule has 5 heteroatoms. The number of benzene rings is 1. The van der Waals surface area contributed by atoms with Crippen molar-refractivity contribution in [3.8, 4) is 0 Å². The van der Waals surface area contributed by atoms with Gasteiger partial charge in [-0.15, -0.1) is 11.8 Å². The zero-order valence-corrected chi connectivity index (χ0v) is 16.6. The van der Waals surface area contributed by atoms with Crippen molar-refractivity contribution in [1.29, 1.82) is 0 Å². The summed E-state index contributed by atoms with van der Waals surface area (Å²) in [6.07, 6.45) is 6.46. The molecule has 0 radical (unpaired) electrons. The van der Waals surface area contributed by atoms with Crippen LogP contribution in [-0.2, 0) is 4.79 Å². The van der Waals surface area contributed by atoms with Crippen molar-refractivity contribution in [2.45, 2.75) is 54.3 Å². The van der Waals surface area contributed by atoms with Gasteiger partial charge in [0.15, 0.2) is 0 Å². The molecule has 25 heavy (non-hydrogen) atoms. The van der Waals surface area contributed by atoms with E-state index in [0.717, 1.165) is 21.6 Å². The lowest BCUT2D eigenvalue weighted by atomic mass is 9.63. The van der Waals surface area contributed by atoms with Gasteiger partial charge in [0, 0.05) is 26.6 Å². The molecular formula is C20H25BrN2OS. The van der Waals surface area contributed by atoms with E-state index < -0.39 is 0 Å². The summed E-state index contributed by atoms with van der Waals surface area (Å²) in [7, 11) is 0. The standard InChI is InChI=1S/C20H25BrN2OS/c21-10-4-6-11(7-5-10)25-15-9-8-13-16-12(15)2-1-3-14(16)19-17(13)18(22)20(24)23-19/h4-7,12-19H,1-3,8-9,22H2,(H,23,24). The molecule has 3 nitrogen and oxygen atoms in total. The van der Waals surface area contributed by atoms with E-state index >= 15 is 0 Å². The van der Waals surface area contributed by atoms with E-state index in [1.54, 1.807) is 0 Å². The molecule has 5 rings (SSSR count). The van der Waals surface area contributed by atoms with Gasteiger partial charge in [-0.1, -0.05) is 22.4 Å². The van der Waals surface area contributed by atoms with Crippen LogP contribution in [0, 0.1) is 29.6 Å². The number of hydrogen-bond acceptors (Lipinski definition) is 3. The van der Waals surface area contributed by atoms with Crippen molar-refractivity contribution < 1.29 is 4.79 Å². The Bertz CT molecular complexity index is 681. The van der Waals surface area contributed by atoms with E-state index in [-0.39, 0.29) is 11.9 Å². The van der Waals surface area contributed by atoms with Gasteiger partial charge >= 0.3 is 0 Å². The van der Waals surface area contributed by atoms with Crippen LogP contribution in [0.5, 0.6) is 0 Å². The molecular weight excluding hydrogens is 396 g/mol. The Balaban J connectivity index is 1.40. The van der Waals surface area contributed by atoms with Crippen molar-refractivity contribution in [2.75, 3.05) is 0 Å². The fraction of sp³-hybridized carbons (Fsp3) is 0.650. The van der Waals surface area contributed by atoms with Gasteiger partial charge in [0.25, 0.3) is 0 Å². The molecule has 4 aliphatic rings. The van der Waals surface area contributed by atoms with Gasteiger partial charge in [0.05, 0.1) is 6.04 Å². The molecule has 8 unspecified atom stereocenters. The van der Waals surface area contributed by atoms with Gasteiger partial charge in [-0.25, -0.2) is 0 Å². The lowest BCUT2D eigenvalue weighted by molar-refractivity contribution is -0.121. The minimum Gasteiger partial charge on any atom is -0.351 e. The van der Waals surface area contributed by atoms with E-state index in [0.29, 0.717) is 23.8 Å². The second kappa shape index (κ2) is 6.28. The molecule has 1 amide bonds. The number of carbonyl (C=O) groups is 1. The molecule has 0 spiro atoms. The lowest BCUT2D eigenvalue weighted by Crippen LogP contribution is -2.45. The Morgan fingerprint density at radius 3 is 2.56 bits per heavy atom. The fourth-order valence-corrected chi connectivity index (χ4v) is 8.16. The number of nitrogens with two attached hydrogens (primary N) is 1. The first-order chi connectivity index (χ1) is 12.1. The minimum absolute atomic E-state index is 0.0990. The highest BCUT2D eigenvalue weighted by atomic mass is 79.9. The molecule has 1 aromatic rings. The summed E-state index contributed by atoms with van der Waals surface area (Å²) < 4.78 is 1.15. The number of carbonyl (C=O) groups excluding carboxylic acids is 1. The Labute approximate surface area is 162 Å². The predicted molar refractivity (Wildman–Crippen MR) is 104 cm³/mol. The summed E-state index contributed by atoms with van der Waals surface area (Å²) >= 11 is 5.61. The molecule has 4 fully saturated rings. The molecule has 3 N–H and O–H groups in total. The number of amides is 1. The molecule has 3 aliphatic carbocycles. The predicted octanol–water partition coefficient (Wildman–Crippen LogP) is 3.81. The normalized spacial score (nSPS) is 45.0. The quantitative estimate of drug-likeness (QED) is 0.764. The molecule has 134 valence electrons. The van der Waals surface area contributed by atoms with Crippen LogP contribution in [0.2, 0.25) is 0 Å². The van der Waals surface area contributed by atoms with E-state index in [2.05, 4.69) is 57.3 Å². The molecule has 0 bridgehead atoms. The van der Waals surface area contributed by atoms with E-state index in [4.69, 9.17) is 5.73 Å². The van der Waals surface area contributed by atoms with Crippen LogP contribution in [0.15, 0.2) is 33.6 Å². The zero-order chi connectivity index (χ0) is 17.1. The van der Waals surface area contributed by atoms with Gasteiger partial charge in [0.1, 0.15) is 0 Å². The van der Waals surface area contributed by atoms with Crippen LogP contribution >= 0.6 is 27.7 Å². The van der Waals surface area contributed by atoms with Gasteiger partial charge in [-0.3, -0.25) is 4.79 Å². The van der Waals surface area contributed by atoms with Crippen molar-refractivity contribution >= 4 is 33.6 Å². The Morgan fingerprint density at radius 2 is 1.76 bits per heavy atom. The average Bonchev–Trinajstić information content (AvgIpc) is 3.09. The molecule has 8 atom stereocenters. The Kier molecular flexibility index (Phi) is 4.18.